The number of hydrogen-bond acceptors (Lipinski definition) is 5. The third kappa shape index (κ3) is 4.44. The molecule has 31 heavy (non-hydrogen) atoms. The molecule has 7 nitrogen and oxygen atoms in total. The number of morpholine rings is 1. The number of aromatic amines is 1. The van der Waals surface area contributed by atoms with Crippen molar-refractivity contribution in [2.24, 2.45) is 5.92 Å². The van der Waals surface area contributed by atoms with Crippen molar-refractivity contribution in [3.8, 4) is 0 Å². The van der Waals surface area contributed by atoms with E-state index in [0.29, 0.717) is 28.3 Å². The maximum atomic E-state index is 13.6. The van der Waals surface area contributed by atoms with Crippen LogP contribution in [0.15, 0.2) is 48.5 Å². The van der Waals surface area contributed by atoms with Gasteiger partial charge in [0.25, 0.3) is 5.91 Å². The number of aromatic nitrogens is 4. The van der Waals surface area contributed by atoms with Crippen molar-refractivity contribution in [3.63, 3.8) is 0 Å². The number of hydrogen-bond donors (Lipinski definition) is 1. The van der Waals surface area contributed by atoms with E-state index >= 15 is 0 Å². The second kappa shape index (κ2) is 8.57. The van der Waals surface area contributed by atoms with Gasteiger partial charge in [-0.05, 0) is 54.2 Å². The Labute approximate surface area is 189 Å². The van der Waals surface area contributed by atoms with Crippen LogP contribution in [0.25, 0.3) is 0 Å². The molecule has 0 radical (unpaired) electrons. The summed E-state index contributed by atoms with van der Waals surface area (Å²) in [5.74, 6) is 0.900. The minimum Gasteiger partial charge on any atom is -0.357 e. The van der Waals surface area contributed by atoms with Crippen molar-refractivity contribution < 1.29 is 9.53 Å². The van der Waals surface area contributed by atoms with Gasteiger partial charge in [-0.1, -0.05) is 52.7 Å². The smallest absolute Gasteiger partial charge is 0.252 e. The molecule has 1 aromatic heterocycles. The average Bonchev–Trinajstić information content (AvgIpc) is 3.44. The molecule has 9 heteroatoms. The number of benzene rings is 2. The molecule has 0 unspecified atom stereocenters. The first kappa shape index (κ1) is 20.4. The maximum Gasteiger partial charge on any atom is 0.252 e. The van der Waals surface area contributed by atoms with Crippen molar-refractivity contribution >= 4 is 29.1 Å². The third-order valence-corrected chi connectivity index (χ3v) is 6.28. The number of halogens is 2. The molecule has 2 aliphatic rings. The highest BCUT2D eigenvalue weighted by Crippen LogP contribution is 2.45. The van der Waals surface area contributed by atoms with Gasteiger partial charge in [0.1, 0.15) is 12.2 Å². The van der Waals surface area contributed by atoms with Crippen molar-refractivity contribution in [1.29, 1.82) is 0 Å². The van der Waals surface area contributed by atoms with Gasteiger partial charge in [-0.15, -0.1) is 10.2 Å². The molecule has 1 aliphatic carbocycles. The SMILES string of the molecule is O=C1[C@@H](Cc2nn[nH]n2)O[C@H](c2cccc(Cl)c2)[C@@H](c2ccc(Cl)cc2)N1CC1CC1. The Kier molecular flexibility index (Phi) is 5.65. The number of rotatable bonds is 6. The molecule has 3 atom stereocenters. The first-order chi connectivity index (χ1) is 15.1. The van der Waals surface area contributed by atoms with E-state index in [-0.39, 0.29) is 18.4 Å². The quantitative estimate of drug-likeness (QED) is 0.600. The van der Waals surface area contributed by atoms with Gasteiger partial charge in [0.05, 0.1) is 6.04 Å². The van der Waals surface area contributed by atoms with Gasteiger partial charge in [-0.3, -0.25) is 4.79 Å². The minimum atomic E-state index is -0.705. The summed E-state index contributed by atoms with van der Waals surface area (Å²) in [4.78, 5) is 15.5. The number of ether oxygens (including phenoxy) is 1. The summed E-state index contributed by atoms with van der Waals surface area (Å²) in [5.41, 5.74) is 1.89. The van der Waals surface area contributed by atoms with E-state index in [2.05, 4.69) is 20.6 Å². The summed E-state index contributed by atoms with van der Waals surface area (Å²) in [7, 11) is 0. The zero-order valence-corrected chi connectivity index (χ0v) is 18.1. The fourth-order valence-electron chi connectivity index (χ4n) is 4.11. The van der Waals surface area contributed by atoms with Gasteiger partial charge in [0.15, 0.2) is 5.82 Å². The molecule has 0 spiro atoms. The van der Waals surface area contributed by atoms with Crippen LogP contribution in [-0.2, 0) is 16.0 Å². The highest BCUT2D eigenvalue weighted by molar-refractivity contribution is 6.30. The Balaban J connectivity index is 1.57. The van der Waals surface area contributed by atoms with Crippen molar-refractivity contribution in [1.82, 2.24) is 25.5 Å². The lowest BCUT2D eigenvalue weighted by atomic mass is 9.91. The molecule has 160 valence electrons. The van der Waals surface area contributed by atoms with E-state index in [1.54, 1.807) is 0 Å². The summed E-state index contributed by atoms with van der Waals surface area (Å²) in [6.45, 7) is 0.690. The Hall–Kier alpha value is -2.48. The summed E-state index contributed by atoms with van der Waals surface area (Å²) in [6, 6.07) is 14.9. The summed E-state index contributed by atoms with van der Waals surface area (Å²) < 4.78 is 6.44. The maximum absolute atomic E-state index is 13.6. The molecule has 5 rings (SSSR count). The highest BCUT2D eigenvalue weighted by atomic mass is 35.5. The molecule has 1 amide bonds. The first-order valence-corrected chi connectivity index (χ1v) is 11.0. The topological polar surface area (TPSA) is 84.0 Å². The van der Waals surface area contributed by atoms with Crippen molar-refractivity contribution in [2.75, 3.05) is 6.54 Å². The van der Waals surface area contributed by atoms with Crippen molar-refractivity contribution in [3.05, 3.63) is 75.5 Å². The molecule has 1 saturated heterocycles. The van der Waals surface area contributed by atoms with Crippen LogP contribution >= 0.6 is 23.2 Å². The Bertz CT molecular complexity index is 1060. The molecule has 2 aromatic carbocycles. The first-order valence-electron chi connectivity index (χ1n) is 10.3. The number of nitrogens with one attached hydrogen (secondary N) is 1. The zero-order valence-electron chi connectivity index (χ0n) is 16.6. The number of amides is 1. The summed E-state index contributed by atoms with van der Waals surface area (Å²) in [6.07, 6.45) is 1.42. The van der Waals surface area contributed by atoms with Gasteiger partial charge >= 0.3 is 0 Å². The van der Waals surface area contributed by atoms with Crippen molar-refractivity contribution in [2.45, 2.75) is 37.5 Å². The molecule has 1 aliphatic heterocycles. The van der Waals surface area contributed by atoms with E-state index in [1.807, 2.05) is 53.4 Å². The standard InChI is InChI=1S/C22H21Cl2N5O2/c23-16-8-6-14(7-9-16)20-21(15-2-1-3-17(24)10-15)31-18(11-19-25-27-28-26-19)22(30)29(20)12-13-4-5-13/h1-3,6-10,13,18,20-21H,4-5,11-12H2,(H,25,26,27,28)/t18-,20-,21-/m1/s1. The molecule has 2 heterocycles. The van der Waals surface area contributed by atoms with E-state index < -0.39 is 12.2 Å². The van der Waals surface area contributed by atoms with Crippen LogP contribution in [0.2, 0.25) is 10.0 Å². The average molecular weight is 458 g/mol. The van der Waals surface area contributed by atoms with Crippen LogP contribution in [0, 0.1) is 5.92 Å². The molecule has 1 saturated carbocycles. The second-order valence-electron chi connectivity index (χ2n) is 8.06. The molecular formula is C22H21Cl2N5O2. The van der Waals surface area contributed by atoms with Crippen LogP contribution in [0.1, 0.15) is 41.9 Å². The molecule has 1 N–H and O–H groups in total. The summed E-state index contributed by atoms with van der Waals surface area (Å²) >= 11 is 12.4. The monoisotopic (exact) mass is 457 g/mol. The predicted octanol–water partition coefficient (Wildman–Crippen LogP) is 4.17. The van der Waals surface area contributed by atoms with Crippen LogP contribution in [-0.4, -0.2) is 44.1 Å². The van der Waals surface area contributed by atoms with E-state index in [9.17, 15) is 4.79 Å². The van der Waals surface area contributed by atoms with E-state index in [0.717, 1.165) is 24.0 Å². The van der Waals surface area contributed by atoms with E-state index in [1.165, 1.54) is 0 Å². The molecule has 3 aromatic rings. The normalized spacial score (nSPS) is 23.9. The number of H-pyrrole nitrogens is 1. The lowest BCUT2D eigenvalue weighted by Crippen LogP contribution is -2.52. The Morgan fingerprint density at radius 3 is 2.55 bits per heavy atom. The number of tetrazole rings is 1. The van der Waals surface area contributed by atoms with Gasteiger partial charge in [-0.2, -0.15) is 5.21 Å². The second-order valence-corrected chi connectivity index (χ2v) is 8.94. The zero-order chi connectivity index (χ0) is 21.4. The lowest BCUT2D eigenvalue weighted by molar-refractivity contribution is -0.174. The van der Waals surface area contributed by atoms with Crippen LogP contribution in [0.4, 0.5) is 0 Å². The lowest BCUT2D eigenvalue weighted by Gasteiger charge is -2.45. The molecular weight excluding hydrogens is 437 g/mol. The highest BCUT2D eigenvalue weighted by Gasteiger charge is 2.46. The number of nitrogens with zero attached hydrogens (tertiary/aromatic N) is 4. The van der Waals surface area contributed by atoms with Gasteiger partial charge < -0.3 is 9.64 Å². The largest absolute Gasteiger partial charge is 0.357 e. The van der Waals surface area contributed by atoms with Crippen LogP contribution in [0.5, 0.6) is 0 Å². The Morgan fingerprint density at radius 1 is 1.06 bits per heavy atom. The van der Waals surface area contributed by atoms with Gasteiger partial charge in [-0.25, -0.2) is 0 Å². The van der Waals surface area contributed by atoms with Crippen LogP contribution in [0.3, 0.4) is 0 Å². The molecule has 2 fully saturated rings. The molecule has 0 bridgehead atoms. The van der Waals surface area contributed by atoms with Gasteiger partial charge in [0.2, 0.25) is 0 Å². The Morgan fingerprint density at radius 2 is 1.87 bits per heavy atom. The fourth-order valence-corrected chi connectivity index (χ4v) is 4.43. The number of carbonyl (C=O) groups excluding carboxylic acids is 1. The minimum absolute atomic E-state index is 0.0603. The predicted molar refractivity (Wildman–Crippen MR) is 116 cm³/mol. The number of carbonyl (C=O) groups is 1. The van der Waals surface area contributed by atoms with Gasteiger partial charge in [0, 0.05) is 23.0 Å². The van der Waals surface area contributed by atoms with Crippen LogP contribution < -0.4 is 0 Å². The summed E-state index contributed by atoms with van der Waals surface area (Å²) in [5, 5.41) is 15.3. The fraction of sp³-hybridized carbons (Fsp3) is 0.364. The van der Waals surface area contributed by atoms with E-state index in [4.69, 9.17) is 27.9 Å². The third-order valence-electron chi connectivity index (χ3n) is 5.79.